The van der Waals surface area contributed by atoms with Gasteiger partial charge in [-0.1, -0.05) is 6.07 Å². The van der Waals surface area contributed by atoms with E-state index in [1.165, 1.54) is 0 Å². The van der Waals surface area contributed by atoms with Crippen LogP contribution in [0.5, 0.6) is 0 Å². The molecule has 6 heteroatoms. The highest BCUT2D eigenvalue weighted by Gasteiger charge is 2.54. The first-order valence-electron chi connectivity index (χ1n) is 9.15. The molecule has 0 bridgehead atoms. The fourth-order valence-electron chi connectivity index (χ4n) is 4.17. The molecule has 27 heavy (non-hydrogen) atoms. The molecule has 3 amide bonds. The average molecular weight is 382 g/mol. The Balaban J connectivity index is 1.63. The number of Topliss-reactive ketones (excluding diaryl/α,β-unsaturated/α-hetero) is 1. The summed E-state index contributed by atoms with van der Waals surface area (Å²) in [6.07, 6.45) is 2.35. The van der Waals surface area contributed by atoms with Crippen molar-refractivity contribution in [1.82, 2.24) is 10.2 Å². The van der Waals surface area contributed by atoms with Gasteiger partial charge in [0, 0.05) is 16.0 Å². The van der Waals surface area contributed by atoms with Gasteiger partial charge < -0.3 is 5.32 Å². The Morgan fingerprint density at radius 3 is 2.70 bits per heavy atom. The Morgan fingerprint density at radius 1 is 1.19 bits per heavy atom. The number of rotatable bonds is 3. The molecule has 4 rings (SSSR count). The Labute approximate surface area is 162 Å². The Kier molecular flexibility index (Phi) is 4.18. The zero-order chi connectivity index (χ0) is 19.3. The number of fused-ring (bicyclic) bond motifs is 2. The predicted molar refractivity (Wildman–Crippen MR) is 104 cm³/mol. The van der Waals surface area contributed by atoms with E-state index in [2.05, 4.69) is 5.32 Å². The largest absolute Gasteiger partial charge is 0.325 e. The number of aryl methyl sites for hydroxylation is 4. The number of urea groups is 1. The van der Waals surface area contributed by atoms with E-state index >= 15 is 0 Å². The van der Waals surface area contributed by atoms with Crippen molar-refractivity contribution in [2.75, 3.05) is 6.54 Å². The van der Waals surface area contributed by atoms with Crippen LogP contribution in [0.3, 0.4) is 0 Å². The highest BCUT2D eigenvalue weighted by Crippen LogP contribution is 2.42. The summed E-state index contributed by atoms with van der Waals surface area (Å²) in [6.45, 7) is 5.61. The van der Waals surface area contributed by atoms with E-state index in [4.69, 9.17) is 0 Å². The molecule has 1 atom stereocenters. The number of carbonyl (C=O) groups excluding carboxylic acids is 3. The Bertz CT molecular complexity index is 978. The van der Waals surface area contributed by atoms with Gasteiger partial charge in [0.2, 0.25) is 0 Å². The van der Waals surface area contributed by atoms with Crippen LogP contribution in [0.4, 0.5) is 4.79 Å². The number of hydrogen-bond donors (Lipinski definition) is 1. The van der Waals surface area contributed by atoms with E-state index < -0.39 is 11.6 Å². The van der Waals surface area contributed by atoms with Crippen LogP contribution in [-0.2, 0) is 16.8 Å². The molecule has 2 aromatic rings. The lowest BCUT2D eigenvalue weighted by molar-refractivity contribution is -0.131. The lowest BCUT2D eigenvalue weighted by Gasteiger charge is -2.31. The van der Waals surface area contributed by atoms with E-state index in [0.717, 1.165) is 44.9 Å². The number of thiophene rings is 1. The molecule has 1 N–H and O–H groups in total. The molecule has 1 aromatic carbocycles. The topological polar surface area (TPSA) is 66.5 Å². The smallest absolute Gasteiger partial charge is 0.319 e. The van der Waals surface area contributed by atoms with Gasteiger partial charge in [0.1, 0.15) is 5.54 Å². The summed E-state index contributed by atoms with van der Waals surface area (Å²) in [4.78, 5) is 40.9. The van der Waals surface area contributed by atoms with Gasteiger partial charge in [0.15, 0.2) is 5.78 Å². The van der Waals surface area contributed by atoms with Gasteiger partial charge in [0.05, 0.1) is 6.54 Å². The van der Waals surface area contributed by atoms with Gasteiger partial charge in [-0.15, -0.1) is 11.3 Å². The second-order valence-electron chi connectivity index (χ2n) is 7.51. The van der Waals surface area contributed by atoms with Crippen LogP contribution in [-0.4, -0.2) is 29.2 Å². The number of nitrogens with one attached hydrogen (secondary N) is 1. The third-order valence-electron chi connectivity index (χ3n) is 5.78. The van der Waals surface area contributed by atoms with E-state index in [-0.39, 0.29) is 18.2 Å². The molecule has 1 aromatic heterocycles. The lowest BCUT2D eigenvalue weighted by Crippen LogP contribution is -2.46. The number of benzene rings is 1. The van der Waals surface area contributed by atoms with E-state index in [9.17, 15) is 14.4 Å². The van der Waals surface area contributed by atoms with E-state index in [1.54, 1.807) is 11.3 Å². The monoisotopic (exact) mass is 382 g/mol. The van der Waals surface area contributed by atoms with Crippen molar-refractivity contribution in [3.8, 4) is 0 Å². The summed E-state index contributed by atoms with van der Waals surface area (Å²) < 4.78 is 0. The zero-order valence-electron chi connectivity index (χ0n) is 15.7. The van der Waals surface area contributed by atoms with Gasteiger partial charge in [0.25, 0.3) is 5.91 Å². The van der Waals surface area contributed by atoms with Crippen LogP contribution in [0, 0.1) is 20.8 Å². The van der Waals surface area contributed by atoms with Crippen molar-refractivity contribution in [2.24, 2.45) is 0 Å². The summed E-state index contributed by atoms with van der Waals surface area (Å²) in [6, 6.07) is 5.26. The number of amides is 3. The van der Waals surface area contributed by atoms with Gasteiger partial charge >= 0.3 is 6.03 Å². The van der Waals surface area contributed by atoms with Crippen LogP contribution in [0.25, 0.3) is 0 Å². The fraction of sp³-hybridized carbons (Fsp3) is 0.381. The second-order valence-corrected chi connectivity index (χ2v) is 8.51. The molecule has 0 unspecified atom stereocenters. The van der Waals surface area contributed by atoms with Crippen molar-refractivity contribution < 1.29 is 14.4 Å². The molecule has 1 aliphatic carbocycles. The quantitative estimate of drug-likeness (QED) is 0.651. The predicted octanol–water partition coefficient (Wildman–Crippen LogP) is 3.64. The van der Waals surface area contributed by atoms with Gasteiger partial charge in [-0.2, -0.15) is 0 Å². The van der Waals surface area contributed by atoms with Crippen LogP contribution in [0.2, 0.25) is 0 Å². The molecular formula is C21H22N2O3S. The minimum absolute atomic E-state index is 0.211. The second kappa shape index (κ2) is 6.30. The number of hydrogen-bond acceptors (Lipinski definition) is 4. The van der Waals surface area contributed by atoms with Crippen molar-refractivity contribution >= 4 is 29.1 Å². The Morgan fingerprint density at radius 2 is 1.93 bits per heavy atom. The molecule has 2 heterocycles. The van der Waals surface area contributed by atoms with Crippen LogP contribution < -0.4 is 5.32 Å². The number of carbonyl (C=O) groups is 3. The van der Waals surface area contributed by atoms with E-state index in [1.807, 2.05) is 44.4 Å². The molecule has 0 saturated carbocycles. The molecule has 5 nitrogen and oxygen atoms in total. The average Bonchev–Trinajstić information content (AvgIpc) is 3.19. The number of imide groups is 1. The minimum Gasteiger partial charge on any atom is -0.319 e. The highest BCUT2D eigenvalue weighted by atomic mass is 32.1. The van der Waals surface area contributed by atoms with Crippen molar-refractivity contribution in [3.63, 3.8) is 0 Å². The highest BCUT2D eigenvalue weighted by molar-refractivity contribution is 7.10. The molecule has 1 fully saturated rings. The maximum absolute atomic E-state index is 13.2. The Hall–Kier alpha value is -2.47. The summed E-state index contributed by atoms with van der Waals surface area (Å²) in [5.41, 5.74) is 3.47. The molecule has 140 valence electrons. The van der Waals surface area contributed by atoms with E-state index in [0.29, 0.717) is 12.0 Å². The zero-order valence-corrected chi connectivity index (χ0v) is 16.5. The van der Waals surface area contributed by atoms with Gasteiger partial charge in [-0.05, 0) is 74.2 Å². The number of ketones is 1. The SMILES string of the molecule is Cc1cc(C)c(C(=O)CN2C(=O)N[C@@]3(CCCc4sccc43)C2=O)cc1C. The molecule has 1 spiro atoms. The third-order valence-corrected chi connectivity index (χ3v) is 6.76. The maximum Gasteiger partial charge on any atom is 0.325 e. The minimum atomic E-state index is -0.997. The molecule has 1 saturated heterocycles. The molecule has 1 aliphatic heterocycles. The van der Waals surface area contributed by atoms with Gasteiger partial charge in [-0.3, -0.25) is 14.5 Å². The van der Waals surface area contributed by atoms with Crippen molar-refractivity contribution in [3.05, 3.63) is 56.3 Å². The van der Waals surface area contributed by atoms with Crippen LogP contribution >= 0.6 is 11.3 Å². The standard InChI is InChI=1S/C21H22N2O3S/c1-12-9-14(3)15(10-13(12)2)17(24)11-23-19(25)21(22-20(23)26)7-4-5-18-16(21)6-8-27-18/h6,8-10H,4-5,7,11H2,1-3H3,(H,22,26)/t21-/m1/s1. The van der Waals surface area contributed by atoms with Crippen LogP contribution in [0.1, 0.15) is 50.3 Å². The van der Waals surface area contributed by atoms with Crippen molar-refractivity contribution in [2.45, 2.75) is 45.6 Å². The summed E-state index contributed by atoms with van der Waals surface area (Å²) in [5.74, 6) is -0.515. The summed E-state index contributed by atoms with van der Waals surface area (Å²) in [5, 5.41) is 4.86. The number of nitrogens with zero attached hydrogens (tertiary/aromatic N) is 1. The first kappa shape index (κ1) is 17.9. The lowest BCUT2D eigenvalue weighted by atomic mass is 9.80. The third kappa shape index (κ3) is 2.70. The molecular weight excluding hydrogens is 360 g/mol. The first-order valence-corrected chi connectivity index (χ1v) is 10.0. The molecule has 0 radical (unpaired) electrons. The summed E-state index contributed by atoms with van der Waals surface area (Å²) >= 11 is 1.62. The van der Waals surface area contributed by atoms with Crippen LogP contribution in [0.15, 0.2) is 23.6 Å². The maximum atomic E-state index is 13.2. The summed E-state index contributed by atoms with van der Waals surface area (Å²) in [7, 11) is 0. The van der Waals surface area contributed by atoms with Gasteiger partial charge in [-0.25, -0.2) is 4.79 Å². The first-order chi connectivity index (χ1) is 12.8. The molecule has 2 aliphatic rings. The fourth-order valence-corrected chi connectivity index (χ4v) is 5.17. The normalized spacial score (nSPS) is 21.5. The van der Waals surface area contributed by atoms with Crippen molar-refractivity contribution in [1.29, 1.82) is 0 Å².